The van der Waals surface area contributed by atoms with Gasteiger partial charge in [-0.3, -0.25) is 34.3 Å². The molecule has 35 heavy (non-hydrogen) atoms. The molecule has 4 aliphatic heterocycles. The summed E-state index contributed by atoms with van der Waals surface area (Å²) in [5.74, 6) is -2.07. The van der Waals surface area contributed by atoms with Crippen LogP contribution in [0.15, 0.2) is 18.2 Å². The van der Waals surface area contributed by atoms with Crippen LogP contribution in [0.5, 0.6) is 0 Å². The van der Waals surface area contributed by atoms with Crippen molar-refractivity contribution in [2.45, 2.75) is 24.1 Å². The van der Waals surface area contributed by atoms with Crippen molar-refractivity contribution in [2.75, 3.05) is 57.3 Å². The molecule has 5 rings (SSSR count). The van der Waals surface area contributed by atoms with Crippen LogP contribution in [0.4, 0.5) is 5.69 Å². The van der Waals surface area contributed by atoms with Crippen molar-refractivity contribution < 1.29 is 27.6 Å². The number of benzene rings is 1. The van der Waals surface area contributed by atoms with Gasteiger partial charge in [0.15, 0.2) is 0 Å². The summed E-state index contributed by atoms with van der Waals surface area (Å²) in [4.78, 5) is 54.9. The Morgan fingerprint density at radius 1 is 0.971 bits per heavy atom. The Labute approximate surface area is 203 Å². The number of imide groups is 2. The molecule has 4 aliphatic rings. The molecule has 1 aromatic rings. The Kier molecular flexibility index (Phi) is 6.34. The predicted octanol–water partition coefficient (Wildman–Crippen LogP) is -1.90. The zero-order valence-electron chi connectivity index (χ0n) is 19.2. The van der Waals surface area contributed by atoms with E-state index in [1.54, 1.807) is 18.2 Å². The highest BCUT2D eigenvalue weighted by Crippen LogP contribution is 2.31. The largest absolute Gasteiger partial charge is 0.369 e. The Morgan fingerprint density at radius 3 is 2.34 bits per heavy atom. The molecule has 4 amide bonds. The third-order valence-electron chi connectivity index (χ3n) is 7.07. The summed E-state index contributed by atoms with van der Waals surface area (Å²) in [5, 5.41) is 4.81. The second kappa shape index (κ2) is 9.30. The van der Waals surface area contributed by atoms with Crippen molar-refractivity contribution in [2.24, 2.45) is 0 Å². The SMILES string of the molecule is O=C1CCC(N2C(=O)c3ccc(N4CCN(CCNS(=O)(=O)C5CNC5)CC4)cc3C2=O)C(=O)N1. The summed E-state index contributed by atoms with van der Waals surface area (Å²) in [6.45, 7) is 4.82. The van der Waals surface area contributed by atoms with E-state index in [9.17, 15) is 27.6 Å². The smallest absolute Gasteiger partial charge is 0.262 e. The molecule has 0 bridgehead atoms. The van der Waals surface area contributed by atoms with E-state index < -0.39 is 39.7 Å². The number of rotatable bonds is 7. The third kappa shape index (κ3) is 4.56. The zero-order valence-corrected chi connectivity index (χ0v) is 20.0. The van der Waals surface area contributed by atoms with Gasteiger partial charge in [0.1, 0.15) is 11.3 Å². The summed E-state index contributed by atoms with van der Waals surface area (Å²) < 4.78 is 26.9. The van der Waals surface area contributed by atoms with Crippen molar-refractivity contribution >= 4 is 39.3 Å². The van der Waals surface area contributed by atoms with E-state index in [0.717, 1.165) is 23.7 Å². The van der Waals surface area contributed by atoms with Crippen LogP contribution in [0.3, 0.4) is 0 Å². The lowest BCUT2D eigenvalue weighted by Crippen LogP contribution is -2.56. The lowest BCUT2D eigenvalue weighted by molar-refractivity contribution is -0.136. The van der Waals surface area contributed by atoms with Gasteiger partial charge in [-0.2, -0.15) is 0 Å². The molecule has 188 valence electrons. The summed E-state index contributed by atoms with van der Waals surface area (Å²) in [5.41, 5.74) is 1.34. The number of hydrogen-bond donors (Lipinski definition) is 3. The van der Waals surface area contributed by atoms with Gasteiger partial charge in [-0.25, -0.2) is 13.1 Å². The molecular weight excluding hydrogens is 476 g/mol. The van der Waals surface area contributed by atoms with Crippen LogP contribution in [0, 0.1) is 0 Å². The standard InChI is InChI=1S/C22H28N6O6S/c29-19-4-3-18(20(30)25-19)28-21(31)16-2-1-14(11-17(16)22(28)32)27-9-7-26(8-10-27)6-5-24-35(33,34)15-12-23-13-15/h1-2,11,15,18,23-24H,3-10,12-13H2,(H,25,29,30). The van der Waals surface area contributed by atoms with Crippen molar-refractivity contribution in [3.63, 3.8) is 0 Å². The molecule has 3 fully saturated rings. The van der Waals surface area contributed by atoms with Crippen LogP contribution < -0.4 is 20.3 Å². The summed E-state index contributed by atoms with van der Waals surface area (Å²) in [7, 11) is -3.27. The van der Waals surface area contributed by atoms with Gasteiger partial charge >= 0.3 is 0 Å². The first kappa shape index (κ1) is 23.9. The van der Waals surface area contributed by atoms with Gasteiger partial charge in [-0.1, -0.05) is 0 Å². The minimum Gasteiger partial charge on any atom is -0.369 e. The van der Waals surface area contributed by atoms with Gasteiger partial charge in [0.25, 0.3) is 11.8 Å². The topological polar surface area (TPSA) is 148 Å². The number of amides is 4. The zero-order chi connectivity index (χ0) is 24.7. The fraction of sp³-hybridized carbons (Fsp3) is 0.545. The Balaban J connectivity index is 1.18. The molecule has 3 N–H and O–H groups in total. The highest BCUT2D eigenvalue weighted by atomic mass is 32.2. The Morgan fingerprint density at radius 2 is 1.69 bits per heavy atom. The molecule has 13 heteroatoms. The first-order chi connectivity index (χ1) is 16.7. The van der Waals surface area contributed by atoms with Gasteiger partial charge in [0.2, 0.25) is 21.8 Å². The van der Waals surface area contributed by atoms with E-state index in [4.69, 9.17) is 0 Å². The number of nitrogens with zero attached hydrogens (tertiary/aromatic N) is 3. The lowest BCUT2D eigenvalue weighted by atomic mass is 10.0. The van der Waals surface area contributed by atoms with Crippen LogP contribution >= 0.6 is 0 Å². The average Bonchev–Trinajstić information content (AvgIpc) is 3.02. The lowest BCUT2D eigenvalue weighted by Gasteiger charge is -2.36. The molecule has 1 atom stereocenters. The van der Waals surface area contributed by atoms with Gasteiger partial charge in [-0.15, -0.1) is 0 Å². The molecule has 0 radical (unpaired) electrons. The maximum Gasteiger partial charge on any atom is 0.262 e. The van der Waals surface area contributed by atoms with E-state index in [2.05, 4.69) is 25.2 Å². The molecule has 12 nitrogen and oxygen atoms in total. The van der Waals surface area contributed by atoms with Crippen molar-refractivity contribution in [3.8, 4) is 0 Å². The number of piperazine rings is 1. The Hall–Kier alpha value is -2.87. The maximum absolute atomic E-state index is 13.0. The molecule has 1 unspecified atom stereocenters. The molecule has 1 aromatic carbocycles. The molecule has 0 saturated carbocycles. The maximum atomic E-state index is 13.0. The number of hydrogen-bond acceptors (Lipinski definition) is 9. The molecule has 0 spiro atoms. The van der Waals surface area contributed by atoms with Crippen LogP contribution in [0.2, 0.25) is 0 Å². The number of sulfonamides is 1. The first-order valence-electron chi connectivity index (χ1n) is 11.8. The summed E-state index contributed by atoms with van der Waals surface area (Å²) in [6, 6.07) is 4.13. The normalized spacial score (nSPS) is 23.9. The van der Waals surface area contributed by atoms with Crippen LogP contribution in [0.25, 0.3) is 0 Å². The van der Waals surface area contributed by atoms with Crippen molar-refractivity contribution in [3.05, 3.63) is 29.3 Å². The van der Waals surface area contributed by atoms with Crippen LogP contribution in [0.1, 0.15) is 33.6 Å². The summed E-state index contributed by atoms with van der Waals surface area (Å²) >= 11 is 0. The average molecular weight is 505 g/mol. The first-order valence-corrected chi connectivity index (χ1v) is 13.3. The number of carbonyl (C=O) groups excluding carboxylic acids is 4. The highest BCUT2D eigenvalue weighted by Gasteiger charge is 2.44. The van der Waals surface area contributed by atoms with Gasteiger partial charge in [0, 0.05) is 64.5 Å². The third-order valence-corrected chi connectivity index (χ3v) is 8.89. The van der Waals surface area contributed by atoms with Gasteiger partial charge in [-0.05, 0) is 24.6 Å². The quantitative estimate of drug-likeness (QED) is 0.362. The van der Waals surface area contributed by atoms with Crippen LogP contribution in [-0.2, 0) is 19.6 Å². The molecular formula is C22H28N6O6S. The van der Waals surface area contributed by atoms with E-state index in [1.165, 1.54) is 0 Å². The molecule has 3 saturated heterocycles. The predicted molar refractivity (Wildman–Crippen MR) is 125 cm³/mol. The van der Waals surface area contributed by atoms with Crippen molar-refractivity contribution in [1.29, 1.82) is 0 Å². The number of piperidine rings is 1. The number of fused-ring (bicyclic) bond motifs is 1. The van der Waals surface area contributed by atoms with E-state index >= 15 is 0 Å². The fourth-order valence-electron chi connectivity index (χ4n) is 4.83. The fourth-order valence-corrected chi connectivity index (χ4v) is 6.12. The number of anilines is 1. The van der Waals surface area contributed by atoms with Gasteiger partial charge < -0.3 is 10.2 Å². The minimum absolute atomic E-state index is 0.0819. The van der Waals surface area contributed by atoms with E-state index in [-0.39, 0.29) is 29.2 Å². The molecule has 4 heterocycles. The van der Waals surface area contributed by atoms with Crippen LogP contribution in [-0.4, -0.2) is 105 Å². The van der Waals surface area contributed by atoms with E-state index in [1.807, 2.05) is 0 Å². The minimum atomic E-state index is -3.27. The Bertz CT molecular complexity index is 1170. The van der Waals surface area contributed by atoms with Crippen molar-refractivity contribution in [1.82, 2.24) is 25.2 Å². The molecule has 0 aromatic heterocycles. The highest BCUT2D eigenvalue weighted by molar-refractivity contribution is 7.90. The van der Waals surface area contributed by atoms with E-state index in [0.29, 0.717) is 39.3 Å². The second-order valence-corrected chi connectivity index (χ2v) is 11.3. The number of carbonyl (C=O) groups is 4. The van der Waals surface area contributed by atoms with Gasteiger partial charge in [0.05, 0.1) is 11.1 Å². The second-order valence-electron chi connectivity index (χ2n) is 9.23. The summed E-state index contributed by atoms with van der Waals surface area (Å²) in [6.07, 6.45) is 0.206. The molecule has 0 aliphatic carbocycles. The number of nitrogens with one attached hydrogen (secondary N) is 3. The monoisotopic (exact) mass is 504 g/mol.